The molecule has 2 aliphatic rings. The summed E-state index contributed by atoms with van der Waals surface area (Å²) in [6, 6.07) is 11.6. The van der Waals surface area contributed by atoms with Crippen molar-refractivity contribution in [1.29, 1.82) is 0 Å². The first-order chi connectivity index (χ1) is 17.1. The van der Waals surface area contributed by atoms with Crippen molar-refractivity contribution in [3.8, 4) is 11.5 Å². The highest BCUT2D eigenvalue weighted by molar-refractivity contribution is 7.07. The van der Waals surface area contributed by atoms with Crippen molar-refractivity contribution < 1.29 is 18.4 Å². The summed E-state index contributed by atoms with van der Waals surface area (Å²) in [4.78, 5) is 40.3. The highest BCUT2D eigenvalue weighted by Crippen LogP contribution is 2.29. The Bertz CT molecular complexity index is 1390. The average molecular weight is 492 g/mol. The maximum atomic E-state index is 13.6. The Labute approximate surface area is 204 Å². The standard InChI is InChI=1S/C25H22FN5O3S/c26-17-4-1-3-16(11-17)23-28-20-6-2-5-19(22(20)34-23)24(32)31-12-18(13-31)29-7-9-30(10-8-29)25(33)21-14-35-15-27-21/h1-6,11,14-15,18H,7-10,12-13H2. The SMILES string of the molecule is O=C(c1cscn1)N1CCN(C2CN(C(=O)c3cccc4nc(-c5cccc(F)c5)oc34)C2)CC1. The number of para-hydroxylation sites is 1. The van der Waals surface area contributed by atoms with Gasteiger partial charge in [0.2, 0.25) is 5.89 Å². The molecule has 4 aromatic rings. The van der Waals surface area contributed by atoms with Crippen LogP contribution < -0.4 is 0 Å². The molecule has 8 nitrogen and oxygen atoms in total. The van der Waals surface area contributed by atoms with Crippen LogP contribution in [0.25, 0.3) is 22.6 Å². The first-order valence-electron chi connectivity index (χ1n) is 11.4. The molecule has 35 heavy (non-hydrogen) atoms. The van der Waals surface area contributed by atoms with Crippen LogP contribution in [0.5, 0.6) is 0 Å². The van der Waals surface area contributed by atoms with E-state index in [9.17, 15) is 14.0 Å². The summed E-state index contributed by atoms with van der Waals surface area (Å²) < 4.78 is 19.5. The van der Waals surface area contributed by atoms with Gasteiger partial charge in [-0.2, -0.15) is 0 Å². The number of oxazole rings is 1. The van der Waals surface area contributed by atoms with Gasteiger partial charge in [-0.05, 0) is 30.3 Å². The molecule has 0 N–H and O–H groups in total. The molecule has 178 valence electrons. The molecular formula is C25H22FN5O3S. The summed E-state index contributed by atoms with van der Waals surface area (Å²) in [6.45, 7) is 4.11. The third-order valence-corrected chi connectivity index (χ3v) is 7.22. The van der Waals surface area contributed by atoms with Crippen molar-refractivity contribution >= 4 is 34.3 Å². The van der Waals surface area contributed by atoms with Crippen LogP contribution >= 0.6 is 11.3 Å². The Morgan fingerprint density at radius 3 is 2.54 bits per heavy atom. The molecule has 0 bridgehead atoms. The summed E-state index contributed by atoms with van der Waals surface area (Å²) in [6.07, 6.45) is 0. The third kappa shape index (κ3) is 4.08. The fourth-order valence-corrected chi connectivity index (χ4v) is 5.18. The molecule has 0 spiro atoms. The zero-order valence-corrected chi connectivity index (χ0v) is 19.6. The number of benzene rings is 2. The first-order valence-corrected chi connectivity index (χ1v) is 12.4. The van der Waals surface area contributed by atoms with Crippen molar-refractivity contribution in [3.63, 3.8) is 0 Å². The topological polar surface area (TPSA) is 82.8 Å². The lowest BCUT2D eigenvalue weighted by atomic mass is 10.0. The second kappa shape index (κ2) is 8.86. The molecule has 2 amide bonds. The number of piperazine rings is 1. The predicted molar refractivity (Wildman–Crippen MR) is 129 cm³/mol. The largest absolute Gasteiger partial charge is 0.435 e. The quantitative estimate of drug-likeness (QED) is 0.435. The van der Waals surface area contributed by atoms with Crippen LogP contribution in [0.15, 0.2) is 57.8 Å². The van der Waals surface area contributed by atoms with E-state index in [-0.39, 0.29) is 29.6 Å². The summed E-state index contributed by atoms with van der Waals surface area (Å²) in [5, 5.41) is 1.78. The Hall–Kier alpha value is -3.63. The third-order valence-electron chi connectivity index (χ3n) is 6.64. The molecular weight excluding hydrogens is 469 g/mol. The lowest BCUT2D eigenvalue weighted by Crippen LogP contribution is -2.64. The number of nitrogens with zero attached hydrogens (tertiary/aromatic N) is 5. The Balaban J connectivity index is 1.10. The van der Waals surface area contributed by atoms with Crippen LogP contribution in [-0.4, -0.2) is 81.8 Å². The molecule has 10 heteroatoms. The summed E-state index contributed by atoms with van der Waals surface area (Å²) in [5.74, 6) is -0.215. The van der Waals surface area contributed by atoms with E-state index in [0.29, 0.717) is 54.1 Å². The van der Waals surface area contributed by atoms with Gasteiger partial charge >= 0.3 is 0 Å². The molecule has 0 unspecified atom stereocenters. The summed E-state index contributed by atoms with van der Waals surface area (Å²) in [7, 11) is 0. The zero-order valence-electron chi connectivity index (χ0n) is 18.8. The number of thiazole rings is 1. The number of hydrogen-bond donors (Lipinski definition) is 0. The van der Waals surface area contributed by atoms with Crippen LogP contribution in [-0.2, 0) is 0 Å². The van der Waals surface area contributed by atoms with Gasteiger partial charge in [0.15, 0.2) is 5.58 Å². The van der Waals surface area contributed by atoms with Gasteiger partial charge in [-0.1, -0.05) is 12.1 Å². The van der Waals surface area contributed by atoms with E-state index in [2.05, 4.69) is 14.9 Å². The molecule has 2 saturated heterocycles. The van der Waals surface area contributed by atoms with Gasteiger partial charge in [-0.3, -0.25) is 14.5 Å². The number of fused-ring (bicyclic) bond motifs is 1. The average Bonchev–Trinajstić information content (AvgIpc) is 3.53. The van der Waals surface area contributed by atoms with Crippen molar-refractivity contribution in [2.24, 2.45) is 0 Å². The van der Waals surface area contributed by atoms with E-state index in [1.807, 2.05) is 4.90 Å². The molecule has 2 fully saturated rings. The molecule has 4 heterocycles. The molecule has 0 aliphatic carbocycles. The highest BCUT2D eigenvalue weighted by atomic mass is 32.1. The maximum Gasteiger partial charge on any atom is 0.273 e. The van der Waals surface area contributed by atoms with Gasteiger partial charge in [-0.15, -0.1) is 11.3 Å². The minimum Gasteiger partial charge on any atom is -0.435 e. The second-order valence-corrected chi connectivity index (χ2v) is 9.47. The highest BCUT2D eigenvalue weighted by Gasteiger charge is 2.38. The minimum atomic E-state index is -0.374. The number of hydrogen-bond acceptors (Lipinski definition) is 7. The molecule has 2 aromatic carbocycles. The van der Waals surface area contributed by atoms with Crippen LogP contribution in [0.4, 0.5) is 4.39 Å². The lowest BCUT2D eigenvalue weighted by Gasteiger charge is -2.48. The molecule has 2 aromatic heterocycles. The van der Waals surface area contributed by atoms with Crippen molar-refractivity contribution in [2.75, 3.05) is 39.3 Å². The summed E-state index contributed by atoms with van der Waals surface area (Å²) in [5.41, 5.74) is 4.13. The van der Waals surface area contributed by atoms with Crippen LogP contribution in [0.1, 0.15) is 20.8 Å². The van der Waals surface area contributed by atoms with Gasteiger partial charge in [0.25, 0.3) is 11.8 Å². The van der Waals surface area contributed by atoms with Crippen molar-refractivity contribution in [3.05, 3.63) is 70.4 Å². The predicted octanol–water partition coefficient (Wildman–Crippen LogP) is 3.37. The maximum absolute atomic E-state index is 13.6. The van der Waals surface area contributed by atoms with E-state index in [1.165, 1.54) is 23.5 Å². The lowest BCUT2D eigenvalue weighted by molar-refractivity contribution is 0.00849. The Morgan fingerprint density at radius 2 is 1.80 bits per heavy atom. The molecule has 0 atom stereocenters. The Morgan fingerprint density at radius 1 is 1.00 bits per heavy atom. The number of aromatic nitrogens is 2. The van der Waals surface area contributed by atoms with E-state index in [0.717, 1.165) is 13.1 Å². The number of carbonyl (C=O) groups is 2. The van der Waals surface area contributed by atoms with Crippen molar-refractivity contribution in [1.82, 2.24) is 24.7 Å². The second-order valence-electron chi connectivity index (χ2n) is 8.75. The number of rotatable bonds is 4. The number of amides is 2. The van der Waals surface area contributed by atoms with Crippen LogP contribution in [0.2, 0.25) is 0 Å². The molecule has 0 saturated carbocycles. The van der Waals surface area contributed by atoms with E-state index in [4.69, 9.17) is 4.42 Å². The smallest absolute Gasteiger partial charge is 0.273 e. The fraction of sp³-hybridized carbons (Fsp3) is 0.280. The van der Waals surface area contributed by atoms with Gasteiger partial charge < -0.3 is 14.2 Å². The molecule has 6 rings (SSSR count). The number of halogens is 1. The molecule has 0 radical (unpaired) electrons. The normalized spacial score (nSPS) is 17.1. The van der Waals surface area contributed by atoms with Crippen LogP contribution in [0, 0.1) is 5.82 Å². The number of likely N-dealkylation sites (tertiary alicyclic amines) is 1. The minimum absolute atomic E-state index is 0.0194. The zero-order chi connectivity index (χ0) is 23.9. The van der Waals surface area contributed by atoms with Crippen molar-refractivity contribution in [2.45, 2.75) is 6.04 Å². The first kappa shape index (κ1) is 21.9. The van der Waals surface area contributed by atoms with Gasteiger partial charge in [0.1, 0.15) is 17.0 Å². The monoisotopic (exact) mass is 491 g/mol. The van der Waals surface area contributed by atoms with Crippen LogP contribution in [0.3, 0.4) is 0 Å². The van der Waals surface area contributed by atoms with Gasteiger partial charge in [0.05, 0.1) is 11.1 Å². The van der Waals surface area contributed by atoms with E-state index >= 15 is 0 Å². The van der Waals surface area contributed by atoms with E-state index in [1.54, 1.807) is 46.1 Å². The van der Waals surface area contributed by atoms with Gasteiger partial charge in [0, 0.05) is 56.3 Å². The number of carbonyl (C=O) groups excluding carboxylic acids is 2. The van der Waals surface area contributed by atoms with Gasteiger partial charge in [-0.25, -0.2) is 14.4 Å². The fourth-order valence-electron chi connectivity index (χ4n) is 4.66. The molecule has 2 aliphatic heterocycles. The Kier molecular flexibility index (Phi) is 5.54. The summed E-state index contributed by atoms with van der Waals surface area (Å²) >= 11 is 1.42. The van der Waals surface area contributed by atoms with E-state index < -0.39 is 0 Å².